The number of carbonyl (C=O) groups excluding carboxylic acids is 2. The minimum absolute atomic E-state index is 0.469. The molecular formula is C20H26BrNO5. The fourth-order valence-electron chi connectivity index (χ4n) is 3.64. The molecule has 1 amide bonds. The molecule has 0 bridgehead atoms. The van der Waals surface area contributed by atoms with Gasteiger partial charge in [0.15, 0.2) is 0 Å². The number of rotatable bonds is 2. The van der Waals surface area contributed by atoms with Crippen molar-refractivity contribution in [2.75, 3.05) is 6.54 Å². The van der Waals surface area contributed by atoms with Crippen molar-refractivity contribution in [3.8, 4) is 0 Å². The summed E-state index contributed by atoms with van der Waals surface area (Å²) >= 11 is 3.43. The van der Waals surface area contributed by atoms with Gasteiger partial charge in [-0.15, -0.1) is 0 Å². The minimum Gasteiger partial charge on any atom is -0.458 e. The fourth-order valence-corrected chi connectivity index (χ4v) is 4.05. The van der Waals surface area contributed by atoms with Crippen LogP contribution in [0.15, 0.2) is 22.7 Å². The first-order valence-corrected chi connectivity index (χ1v) is 10.1. The molecule has 0 spiro atoms. The predicted molar refractivity (Wildman–Crippen MR) is 103 cm³/mol. The van der Waals surface area contributed by atoms with Crippen molar-refractivity contribution in [3.63, 3.8) is 0 Å². The van der Waals surface area contributed by atoms with Crippen molar-refractivity contribution >= 4 is 28.0 Å². The third kappa shape index (κ3) is 4.63. The number of aliphatic hydroxyl groups is 1. The van der Waals surface area contributed by atoms with Crippen LogP contribution in [-0.2, 0) is 20.7 Å². The number of hydrogen-bond acceptors (Lipinski definition) is 5. The van der Waals surface area contributed by atoms with Crippen molar-refractivity contribution in [2.45, 2.75) is 70.3 Å². The van der Waals surface area contributed by atoms with Gasteiger partial charge in [-0.05, 0) is 69.7 Å². The van der Waals surface area contributed by atoms with Crippen molar-refractivity contribution in [1.29, 1.82) is 0 Å². The van der Waals surface area contributed by atoms with Crippen molar-refractivity contribution < 1.29 is 24.2 Å². The monoisotopic (exact) mass is 439 g/mol. The summed E-state index contributed by atoms with van der Waals surface area (Å²) < 4.78 is 12.0. The first-order valence-electron chi connectivity index (χ1n) is 9.32. The van der Waals surface area contributed by atoms with Gasteiger partial charge in [0.25, 0.3) is 0 Å². The number of aryl methyl sites for hydroxylation is 1. The number of ether oxygens (including phenoxy) is 2. The maximum Gasteiger partial charge on any atom is 0.411 e. The van der Waals surface area contributed by atoms with Crippen LogP contribution < -0.4 is 0 Å². The average molecular weight is 440 g/mol. The zero-order valence-corrected chi connectivity index (χ0v) is 17.5. The van der Waals surface area contributed by atoms with E-state index >= 15 is 0 Å². The summed E-state index contributed by atoms with van der Waals surface area (Å²) in [5.74, 6) is -0.469. The predicted octanol–water partition coefficient (Wildman–Crippen LogP) is 3.74. The lowest BCUT2D eigenvalue weighted by molar-refractivity contribution is -0.161. The van der Waals surface area contributed by atoms with Crippen LogP contribution in [0.5, 0.6) is 0 Å². The molecule has 1 fully saturated rings. The van der Waals surface area contributed by atoms with E-state index in [1.807, 2.05) is 18.2 Å². The van der Waals surface area contributed by atoms with Gasteiger partial charge in [-0.1, -0.05) is 22.0 Å². The summed E-state index contributed by atoms with van der Waals surface area (Å²) in [4.78, 5) is 26.5. The summed E-state index contributed by atoms with van der Waals surface area (Å²) in [6.45, 7) is 5.85. The highest BCUT2D eigenvalue weighted by molar-refractivity contribution is 9.10. The van der Waals surface area contributed by atoms with Crippen LogP contribution in [0.25, 0.3) is 0 Å². The number of esters is 1. The van der Waals surface area contributed by atoms with Gasteiger partial charge in [-0.3, -0.25) is 4.90 Å². The van der Waals surface area contributed by atoms with Crippen LogP contribution in [0, 0.1) is 0 Å². The van der Waals surface area contributed by atoms with E-state index in [1.165, 1.54) is 4.90 Å². The molecule has 1 heterocycles. The van der Waals surface area contributed by atoms with Crippen molar-refractivity contribution in [1.82, 2.24) is 4.90 Å². The van der Waals surface area contributed by atoms with Gasteiger partial charge < -0.3 is 14.6 Å². The summed E-state index contributed by atoms with van der Waals surface area (Å²) in [6, 6.07) is 5.05. The molecule has 1 aliphatic heterocycles. The lowest BCUT2D eigenvalue weighted by Crippen LogP contribution is -2.45. The Bertz CT molecular complexity index is 730. The van der Waals surface area contributed by atoms with Gasteiger partial charge in [0.05, 0.1) is 0 Å². The molecule has 1 aromatic rings. The first-order chi connectivity index (χ1) is 12.7. The molecule has 148 valence electrons. The van der Waals surface area contributed by atoms with Crippen molar-refractivity contribution in [2.24, 2.45) is 0 Å². The van der Waals surface area contributed by atoms with E-state index in [-0.39, 0.29) is 0 Å². The molecule has 1 aromatic carbocycles. The van der Waals surface area contributed by atoms with Gasteiger partial charge >= 0.3 is 12.1 Å². The van der Waals surface area contributed by atoms with Gasteiger partial charge in [0.1, 0.15) is 23.9 Å². The largest absolute Gasteiger partial charge is 0.458 e. The fraction of sp³-hybridized carbons (Fsp3) is 0.600. The molecule has 2 aliphatic rings. The van der Waals surface area contributed by atoms with Gasteiger partial charge in [0.2, 0.25) is 0 Å². The molecule has 1 saturated heterocycles. The highest BCUT2D eigenvalue weighted by Crippen LogP contribution is 2.34. The van der Waals surface area contributed by atoms with Gasteiger partial charge in [0, 0.05) is 11.0 Å². The molecule has 1 aliphatic carbocycles. The Morgan fingerprint density at radius 3 is 2.70 bits per heavy atom. The lowest BCUT2D eigenvalue weighted by Gasteiger charge is -2.32. The molecule has 0 radical (unpaired) electrons. The number of hydrogen-bond donors (Lipinski definition) is 1. The molecule has 6 nitrogen and oxygen atoms in total. The molecule has 27 heavy (non-hydrogen) atoms. The number of nitrogens with zero attached hydrogens (tertiary/aromatic N) is 1. The molecule has 3 atom stereocenters. The van der Waals surface area contributed by atoms with E-state index in [2.05, 4.69) is 15.9 Å². The second-order valence-corrected chi connectivity index (χ2v) is 9.05. The van der Waals surface area contributed by atoms with Crippen LogP contribution in [0.3, 0.4) is 0 Å². The van der Waals surface area contributed by atoms with E-state index < -0.39 is 35.9 Å². The van der Waals surface area contributed by atoms with E-state index in [0.717, 1.165) is 28.4 Å². The number of amides is 1. The molecular weight excluding hydrogens is 414 g/mol. The lowest BCUT2D eigenvalue weighted by atomic mass is 9.87. The smallest absolute Gasteiger partial charge is 0.411 e. The Morgan fingerprint density at radius 2 is 2.00 bits per heavy atom. The third-order valence-corrected chi connectivity index (χ3v) is 5.39. The Balaban J connectivity index is 1.66. The van der Waals surface area contributed by atoms with Crippen LogP contribution in [0.4, 0.5) is 4.79 Å². The van der Waals surface area contributed by atoms with Crippen LogP contribution in [0.1, 0.15) is 57.3 Å². The summed E-state index contributed by atoms with van der Waals surface area (Å²) in [5.41, 5.74) is 1.23. The van der Waals surface area contributed by atoms with Gasteiger partial charge in [-0.25, -0.2) is 9.59 Å². The number of benzene rings is 1. The zero-order chi connectivity index (χ0) is 19.8. The summed E-state index contributed by atoms with van der Waals surface area (Å²) in [7, 11) is 0. The number of carbonyl (C=O) groups is 2. The van der Waals surface area contributed by atoms with Crippen LogP contribution >= 0.6 is 15.9 Å². The standard InChI is InChI=1S/C20H26BrNO5/c1-20(2,3)27-19(25)22-10-4-5-15(22)18(24)26-16-9-6-12-11-13(21)7-8-14(12)17(16)23/h7-8,11,15-17,23H,4-6,9-10H2,1-3H3/t15-,16?,17?/m0/s1. The Hall–Kier alpha value is -1.60. The van der Waals surface area contributed by atoms with E-state index in [9.17, 15) is 14.7 Å². The number of fused-ring (bicyclic) bond motifs is 1. The van der Waals surface area contributed by atoms with E-state index in [1.54, 1.807) is 20.8 Å². The van der Waals surface area contributed by atoms with E-state index in [4.69, 9.17) is 9.47 Å². The highest BCUT2D eigenvalue weighted by Gasteiger charge is 2.40. The molecule has 7 heteroatoms. The summed E-state index contributed by atoms with van der Waals surface area (Å²) in [6.07, 6.45) is 0.587. The number of halogens is 1. The molecule has 2 unspecified atom stereocenters. The Labute approximate surface area is 168 Å². The second kappa shape index (κ2) is 7.80. The van der Waals surface area contributed by atoms with Crippen molar-refractivity contribution in [3.05, 3.63) is 33.8 Å². The first kappa shape index (κ1) is 20.1. The van der Waals surface area contributed by atoms with Crippen LogP contribution in [0.2, 0.25) is 0 Å². The highest BCUT2D eigenvalue weighted by atomic mass is 79.9. The molecule has 0 aromatic heterocycles. The maximum atomic E-state index is 12.7. The summed E-state index contributed by atoms with van der Waals surface area (Å²) in [5, 5.41) is 10.6. The van der Waals surface area contributed by atoms with E-state index in [0.29, 0.717) is 19.4 Å². The normalized spacial score (nSPS) is 25.1. The number of likely N-dealkylation sites (tertiary alicyclic amines) is 1. The molecule has 0 saturated carbocycles. The minimum atomic E-state index is -0.859. The molecule has 3 rings (SSSR count). The third-order valence-electron chi connectivity index (χ3n) is 4.89. The maximum absolute atomic E-state index is 12.7. The van der Waals surface area contributed by atoms with Crippen LogP contribution in [-0.4, -0.2) is 46.4 Å². The topological polar surface area (TPSA) is 76.1 Å². The van der Waals surface area contributed by atoms with Gasteiger partial charge in [-0.2, -0.15) is 0 Å². The Morgan fingerprint density at radius 1 is 1.26 bits per heavy atom. The number of aliphatic hydroxyl groups excluding tert-OH is 1. The second-order valence-electron chi connectivity index (χ2n) is 8.13. The SMILES string of the molecule is CC(C)(C)OC(=O)N1CCC[C@H]1C(=O)OC1CCc2cc(Br)ccc2C1O. The average Bonchev–Trinajstić information content (AvgIpc) is 3.06. The quantitative estimate of drug-likeness (QED) is 0.710. The Kier molecular flexibility index (Phi) is 5.82. The zero-order valence-electron chi connectivity index (χ0n) is 15.9. The molecule has 1 N–H and O–H groups in total.